The number of hydrogen-bond acceptors (Lipinski definition) is 4. The number of hydrogen-bond donors (Lipinski definition) is 0. The van der Waals surface area contributed by atoms with E-state index in [1.807, 2.05) is 13.0 Å². The van der Waals surface area contributed by atoms with Gasteiger partial charge < -0.3 is 0 Å². The molecule has 0 saturated heterocycles. The van der Waals surface area contributed by atoms with Crippen LogP contribution in [0.1, 0.15) is 71.2 Å². The molecule has 0 radical (unpaired) electrons. The summed E-state index contributed by atoms with van der Waals surface area (Å²) in [6.07, 6.45) is 0.992. The van der Waals surface area contributed by atoms with E-state index in [9.17, 15) is 22.4 Å². The third-order valence-corrected chi connectivity index (χ3v) is 7.29. The second kappa shape index (κ2) is 9.68. The zero-order valence-corrected chi connectivity index (χ0v) is 20.5. The maximum Gasteiger partial charge on any atom is 0.418 e. The van der Waals surface area contributed by atoms with E-state index in [-0.39, 0.29) is 35.5 Å². The summed E-state index contributed by atoms with van der Waals surface area (Å²) in [7, 11) is 0. The first-order chi connectivity index (χ1) is 17.6. The molecule has 0 amide bonds. The Labute approximate surface area is 211 Å². The molecule has 0 bridgehead atoms. The van der Waals surface area contributed by atoms with E-state index < -0.39 is 17.3 Å². The second-order valence-corrected chi connectivity index (χ2v) is 9.73. The SMILES string of the molecule is Cc1cnc2cc([C@H]3CC[C@H](c4c(C)cccc4F)CC3)c(=O)n(Cc3ncccc3C(F)(F)F)c2n1. The van der Waals surface area contributed by atoms with Gasteiger partial charge in [0, 0.05) is 18.0 Å². The fourth-order valence-electron chi connectivity index (χ4n) is 5.50. The highest BCUT2D eigenvalue weighted by atomic mass is 19.4. The van der Waals surface area contributed by atoms with Crippen LogP contribution in [0.3, 0.4) is 0 Å². The molecule has 1 saturated carbocycles. The first kappa shape index (κ1) is 25.0. The van der Waals surface area contributed by atoms with Gasteiger partial charge in [0.2, 0.25) is 0 Å². The van der Waals surface area contributed by atoms with Gasteiger partial charge in [-0.05, 0) is 86.8 Å². The minimum atomic E-state index is -4.61. The molecule has 3 heterocycles. The maximum atomic E-state index is 14.5. The van der Waals surface area contributed by atoms with E-state index in [2.05, 4.69) is 15.0 Å². The van der Waals surface area contributed by atoms with Gasteiger partial charge in [0.05, 0.1) is 23.5 Å². The Morgan fingerprint density at radius 1 is 1.00 bits per heavy atom. The number of pyridine rings is 2. The summed E-state index contributed by atoms with van der Waals surface area (Å²) in [5, 5.41) is 0. The molecular weight excluding hydrogens is 484 g/mol. The highest BCUT2D eigenvalue weighted by molar-refractivity contribution is 5.71. The maximum absolute atomic E-state index is 14.5. The molecule has 192 valence electrons. The molecule has 1 aliphatic carbocycles. The molecule has 4 aromatic rings. The Kier molecular flexibility index (Phi) is 6.56. The first-order valence-corrected chi connectivity index (χ1v) is 12.3. The molecule has 3 aromatic heterocycles. The van der Waals surface area contributed by atoms with E-state index in [0.717, 1.165) is 17.2 Å². The molecule has 0 unspecified atom stereocenters. The van der Waals surface area contributed by atoms with Crippen LogP contribution in [0.2, 0.25) is 0 Å². The van der Waals surface area contributed by atoms with Gasteiger partial charge in [-0.25, -0.2) is 9.37 Å². The number of alkyl halides is 3. The predicted molar refractivity (Wildman–Crippen MR) is 132 cm³/mol. The van der Waals surface area contributed by atoms with Crippen molar-refractivity contribution in [3.8, 4) is 0 Å². The van der Waals surface area contributed by atoms with Crippen molar-refractivity contribution in [2.24, 2.45) is 0 Å². The van der Waals surface area contributed by atoms with Crippen LogP contribution < -0.4 is 5.56 Å². The van der Waals surface area contributed by atoms with Gasteiger partial charge in [0.15, 0.2) is 5.65 Å². The van der Waals surface area contributed by atoms with Gasteiger partial charge in [-0.2, -0.15) is 13.2 Å². The van der Waals surface area contributed by atoms with Crippen LogP contribution in [-0.2, 0) is 12.7 Å². The first-order valence-electron chi connectivity index (χ1n) is 12.3. The molecule has 0 N–H and O–H groups in total. The normalized spacial score (nSPS) is 18.3. The summed E-state index contributed by atoms with van der Waals surface area (Å²) in [6.45, 7) is 3.24. The van der Waals surface area contributed by atoms with Crippen molar-refractivity contribution in [3.63, 3.8) is 0 Å². The Hall–Kier alpha value is -3.62. The van der Waals surface area contributed by atoms with Gasteiger partial charge in [-0.15, -0.1) is 0 Å². The second-order valence-electron chi connectivity index (χ2n) is 9.73. The quantitative estimate of drug-likeness (QED) is 0.296. The minimum absolute atomic E-state index is 0.0606. The topological polar surface area (TPSA) is 60.7 Å². The third-order valence-electron chi connectivity index (χ3n) is 7.29. The largest absolute Gasteiger partial charge is 0.418 e. The van der Waals surface area contributed by atoms with Crippen LogP contribution in [-0.4, -0.2) is 19.5 Å². The number of aromatic nitrogens is 4. The molecule has 37 heavy (non-hydrogen) atoms. The van der Waals surface area contributed by atoms with Crippen molar-refractivity contribution in [2.45, 2.75) is 64.1 Å². The number of fused-ring (bicyclic) bond motifs is 1. The highest BCUT2D eigenvalue weighted by Gasteiger charge is 2.34. The Morgan fingerprint density at radius 3 is 2.43 bits per heavy atom. The molecule has 0 spiro atoms. The van der Waals surface area contributed by atoms with Crippen molar-refractivity contribution in [1.82, 2.24) is 19.5 Å². The Balaban J connectivity index is 1.53. The van der Waals surface area contributed by atoms with Gasteiger partial charge >= 0.3 is 6.18 Å². The zero-order valence-electron chi connectivity index (χ0n) is 20.5. The summed E-state index contributed by atoms with van der Waals surface area (Å²) in [5.41, 5.74) is 1.83. The molecule has 1 aliphatic rings. The fourth-order valence-corrected chi connectivity index (χ4v) is 5.50. The van der Waals surface area contributed by atoms with Crippen LogP contribution in [0.4, 0.5) is 17.6 Å². The van der Waals surface area contributed by atoms with Gasteiger partial charge in [-0.3, -0.25) is 19.3 Å². The number of rotatable bonds is 4. The van der Waals surface area contributed by atoms with Crippen LogP contribution in [0.15, 0.2) is 53.6 Å². The molecule has 5 rings (SSSR count). The Morgan fingerprint density at radius 2 is 1.73 bits per heavy atom. The molecule has 5 nitrogen and oxygen atoms in total. The van der Waals surface area contributed by atoms with Crippen molar-refractivity contribution in [1.29, 1.82) is 0 Å². The number of aryl methyl sites for hydroxylation is 2. The van der Waals surface area contributed by atoms with Crippen molar-refractivity contribution >= 4 is 11.2 Å². The lowest BCUT2D eigenvalue weighted by Gasteiger charge is -2.30. The predicted octanol–water partition coefficient (Wildman–Crippen LogP) is 6.45. The average Bonchev–Trinajstić information content (AvgIpc) is 2.86. The summed E-state index contributed by atoms with van der Waals surface area (Å²) in [6, 6.07) is 8.98. The van der Waals surface area contributed by atoms with E-state index in [1.54, 1.807) is 25.3 Å². The lowest BCUT2D eigenvalue weighted by atomic mass is 9.75. The van der Waals surface area contributed by atoms with Crippen LogP contribution in [0.25, 0.3) is 11.2 Å². The summed E-state index contributed by atoms with van der Waals surface area (Å²) >= 11 is 0. The summed E-state index contributed by atoms with van der Waals surface area (Å²) < 4.78 is 56.8. The number of nitrogens with zero attached hydrogens (tertiary/aromatic N) is 4. The fraction of sp³-hybridized carbons (Fsp3) is 0.357. The highest BCUT2D eigenvalue weighted by Crippen LogP contribution is 2.41. The summed E-state index contributed by atoms with van der Waals surface area (Å²) in [4.78, 5) is 26.5. The van der Waals surface area contributed by atoms with Crippen molar-refractivity contribution in [2.75, 3.05) is 0 Å². The molecule has 9 heteroatoms. The summed E-state index contributed by atoms with van der Waals surface area (Å²) in [5.74, 6) is -0.260. The monoisotopic (exact) mass is 510 g/mol. The number of halogens is 4. The van der Waals surface area contributed by atoms with E-state index in [0.29, 0.717) is 42.5 Å². The lowest BCUT2D eigenvalue weighted by Crippen LogP contribution is -2.29. The van der Waals surface area contributed by atoms with Gasteiger partial charge in [-0.1, -0.05) is 12.1 Å². The zero-order chi connectivity index (χ0) is 26.3. The average molecular weight is 511 g/mol. The molecule has 1 fully saturated rings. The van der Waals surface area contributed by atoms with E-state index >= 15 is 0 Å². The van der Waals surface area contributed by atoms with Crippen molar-refractivity contribution < 1.29 is 17.6 Å². The molecule has 1 aromatic carbocycles. The van der Waals surface area contributed by atoms with Crippen molar-refractivity contribution in [3.05, 3.63) is 98.6 Å². The third kappa shape index (κ3) is 4.86. The Bertz CT molecular complexity index is 1500. The number of benzene rings is 1. The minimum Gasteiger partial charge on any atom is -0.285 e. The van der Waals surface area contributed by atoms with E-state index in [1.165, 1.54) is 22.9 Å². The van der Waals surface area contributed by atoms with Crippen LogP contribution in [0.5, 0.6) is 0 Å². The molecule has 0 atom stereocenters. The van der Waals surface area contributed by atoms with Crippen LogP contribution >= 0.6 is 0 Å². The van der Waals surface area contributed by atoms with Gasteiger partial charge in [0.1, 0.15) is 11.3 Å². The standard InChI is InChI=1S/C28H26F4N4O/c1-16-5-3-7-22(29)25(16)19-10-8-18(9-11-19)20-13-23-26(35-17(2)14-34-23)36(27(20)37)15-24-21(28(30,31)32)6-4-12-33-24/h3-7,12-14,18-19H,8-11,15H2,1-2H3/t18-,19-. The molecule has 0 aliphatic heterocycles. The van der Waals surface area contributed by atoms with Crippen LogP contribution in [0, 0.1) is 19.7 Å². The smallest absolute Gasteiger partial charge is 0.285 e. The molecular formula is C28H26F4N4O. The van der Waals surface area contributed by atoms with E-state index in [4.69, 9.17) is 0 Å². The lowest BCUT2D eigenvalue weighted by molar-refractivity contribution is -0.138. The van der Waals surface area contributed by atoms with Gasteiger partial charge in [0.25, 0.3) is 5.56 Å².